The second-order valence-corrected chi connectivity index (χ2v) is 10.3. The van der Waals surface area contributed by atoms with E-state index in [9.17, 15) is 30.3 Å². The summed E-state index contributed by atoms with van der Waals surface area (Å²) >= 11 is 0. The molecule has 13 unspecified atom stereocenters. The molecular weight excluding hydrogens is 492 g/mol. The van der Waals surface area contributed by atoms with Crippen LogP contribution in [0.1, 0.15) is 25.7 Å². The molecule has 1 amide bonds. The van der Waals surface area contributed by atoms with Crippen LogP contribution >= 0.6 is 0 Å². The van der Waals surface area contributed by atoms with Crippen molar-refractivity contribution in [3.63, 3.8) is 0 Å². The maximum Gasteiger partial charge on any atom is 0.249 e. The molecule has 0 aromatic rings. The van der Waals surface area contributed by atoms with Gasteiger partial charge in [-0.15, -0.1) is 0 Å². The summed E-state index contributed by atoms with van der Waals surface area (Å²) in [5.41, 5.74) is 29.7. The lowest BCUT2D eigenvalue weighted by Gasteiger charge is -2.52. The average molecular weight is 537 g/mol. The fraction of sp³-hybridized carbons (Fsp3) is 0.955. The van der Waals surface area contributed by atoms with Gasteiger partial charge in [-0.25, -0.2) is 0 Å². The highest BCUT2D eigenvalue weighted by molar-refractivity contribution is 5.80. The van der Waals surface area contributed by atoms with Crippen molar-refractivity contribution in [2.45, 2.75) is 105 Å². The number of nitrogens with two attached hydrogens (primary N) is 5. The van der Waals surface area contributed by atoms with E-state index in [0.717, 1.165) is 0 Å². The highest BCUT2D eigenvalue weighted by Gasteiger charge is 2.55. The summed E-state index contributed by atoms with van der Waals surface area (Å²) in [6.07, 6.45) is -8.99. The van der Waals surface area contributed by atoms with Crippen molar-refractivity contribution in [3.05, 3.63) is 0 Å². The Bertz CT molecular complexity index is 739. The van der Waals surface area contributed by atoms with Gasteiger partial charge in [0, 0.05) is 24.5 Å². The van der Waals surface area contributed by atoms with Crippen molar-refractivity contribution in [2.24, 2.45) is 34.6 Å². The smallest absolute Gasteiger partial charge is 0.249 e. The van der Waals surface area contributed by atoms with E-state index in [1.54, 1.807) is 0 Å². The summed E-state index contributed by atoms with van der Waals surface area (Å²) in [6, 6.07) is -3.42. The number of ether oxygens (including phenoxy) is 3. The van der Waals surface area contributed by atoms with Crippen LogP contribution in [0.2, 0.25) is 0 Å². The predicted octanol–water partition coefficient (Wildman–Crippen LogP) is -6.13. The SMILES string of the molecule is NCC[C@@H](O)C(=O)NC1CC(N)C(OC2OC(CN)CCC2N)C(O)C1C1OC(CO)C(O)C(N)C1O. The van der Waals surface area contributed by atoms with E-state index in [-0.39, 0.29) is 32.0 Å². The number of aliphatic hydroxyl groups is 5. The molecule has 1 saturated carbocycles. The molecule has 15 heteroatoms. The van der Waals surface area contributed by atoms with Gasteiger partial charge in [-0.1, -0.05) is 0 Å². The number of carbonyl (C=O) groups excluding carboxylic acids is 1. The molecule has 0 bridgehead atoms. The Labute approximate surface area is 215 Å². The van der Waals surface area contributed by atoms with Gasteiger partial charge in [-0.05, 0) is 32.2 Å². The van der Waals surface area contributed by atoms with E-state index >= 15 is 0 Å². The first kappa shape index (κ1) is 30.5. The summed E-state index contributed by atoms with van der Waals surface area (Å²) in [5, 5.41) is 55.2. The maximum absolute atomic E-state index is 12.6. The third-order valence-electron chi connectivity index (χ3n) is 7.66. The van der Waals surface area contributed by atoms with Crippen molar-refractivity contribution in [1.29, 1.82) is 0 Å². The van der Waals surface area contributed by atoms with Crippen LogP contribution in [0, 0.1) is 5.92 Å². The standard InChI is InChI=1S/C22H44N6O9/c23-4-3-12(30)21(34)28-11-5-10(26)19(37-22-9(25)2-1-8(6-24)35-22)17(32)14(11)20-18(33)15(27)16(31)13(7-29)36-20/h8-20,22,29-33H,1-7,23-27H2,(H,28,34)/t8?,9?,10?,11?,12-,13?,14?,15?,16?,17?,18?,19?,20?,22?/m1/s1. The molecule has 1 aliphatic carbocycles. The molecule has 0 aromatic carbocycles. The van der Waals surface area contributed by atoms with Gasteiger partial charge in [0.1, 0.15) is 24.4 Å². The number of hydrogen-bond acceptors (Lipinski definition) is 14. The predicted molar refractivity (Wildman–Crippen MR) is 129 cm³/mol. The van der Waals surface area contributed by atoms with Crippen LogP contribution in [0.5, 0.6) is 0 Å². The van der Waals surface area contributed by atoms with Crippen molar-refractivity contribution >= 4 is 5.91 Å². The summed E-state index contributed by atoms with van der Waals surface area (Å²) in [6.45, 7) is -0.266. The lowest BCUT2D eigenvalue weighted by molar-refractivity contribution is -0.267. The van der Waals surface area contributed by atoms with E-state index in [4.69, 9.17) is 42.9 Å². The van der Waals surface area contributed by atoms with Gasteiger partial charge in [0.05, 0.1) is 43.1 Å². The molecule has 2 heterocycles. The first-order valence-corrected chi connectivity index (χ1v) is 12.8. The Morgan fingerprint density at radius 2 is 1.73 bits per heavy atom. The summed E-state index contributed by atoms with van der Waals surface area (Å²) in [4.78, 5) is 12.6. The first-order valence-electron chi connectivity index (χ1n) is 12.8. The Balaban J connectivity index is 1.88. The summed E-state index contributed by atoms with van der Waals surface area (Å²) in [5.74, 6) is -1.80. The van der Waals surface area contributed by atoms with Gasteiger partial charge >= 0.3 is 0 Å². The number of aliphatic hydroxyl groups excluding tert-OH is 5. The van der Waals surface area contributed by atoms with Gasteiger partial charge in [0.2, 0.25) is 5.91 Å². The van der Waals surface area contributed by atoms with Gasteiger partial charge < -0.3 is 73.7 Å². The molecule has 0 radical (unpaired) electrons. The molecular formula is C22H44N6O9. The molecule has 3 rings (SSSR count). The average Bonchev–Trinajstić information content (AvgIpc) is 2.87. The van der Waals surface area contributed by atoms with Crippen molar-refractivity contribution in [1.82, 2.24) is 5.32 Å². The molecule has 2 aliphatic heterocycles. The Kier molecular flexibility index (Phi) is 11.0. The lowest BCUT2D eigenvalue weighted by atomic mass is 9.71. The lowest BCUT2D eigenvalue weighted by Crippen LogP contribution is -2.71. The van der Waals surface area contributed by atoms with Crippen LogP contribution in [0.4, 0.5) is 0 Å². The zero-order valence-electron chi connectivity index (χ0n) is 20.8. The molecule has 37 heavy (non-hydrogen) atoms. The highest BCUT2D eigenvalue weighted by atomic mass is 16.7. The Hall–Kier alpha value is -1.05. The maximum atomic E-state index is 12.6. The molecule has 14 atom stereocenters. The highest BCUT2D eigenvalue weighted by Crippen LogP contribution is 2.37. The molecule has 3 aliphatic rings. The van der Waals surface area contributed by atoms with Crippen LogP contribution < -0.4 is 34.0 Å². The second kappa shape index (κ2) is 13.3. The van der Waals surface area contributed by atoms with Crippen LogP contribution in [-0.2, 0) is 19.0 Å². The van der Waals surface area contributed by atoms with E-state index in [1.165, 1.54) is 0 Å². The molecule has 0 aromatic heterocycles. The summed E-state index contributed by atoms with van der Waals surface area (Å²) in [7, 11) is 0. The monoisotopic (exact) mass is 536 g/mol. The second-order valence-electron chi connectivity index (χ2n) is 10.3. The fourth-order valence-corrected chi connectivity index (χ4v) is 5.46. The normalized spacial score (nSPS) is 45.8. The van der Waals surface area contributed by atoms with Gasteiger partial charge in [-0.3, -0.25) is 4.79 Å². The van der Waals surface area contributed by atoms with Gasteiger partial charge in [0.15, 0.2) is 6.29 Å². The van der Waals surface area contributed by atoms with E-state index in [1.807, 2.05) is 0 Å². The number of carbonyl (C=O) groups is 1. The molecule has 216 valence electrons. The molecule has 3 fully saturated rings. The summed E-state index contributed by atoms with van der Waals surface area (Å²) < 4.78 is 17.7. The quantitative estimate of drug-likeness (QED) is 0.131. The van der Waals surface area contributed by atoms with Crippen molar-refractivity contribution in [2.75, 3.05) is 19.7 Å². The Morgan fingerprint density at radius 1 is 1.03 bits per heavy atom. The number of amides is 1. The number of rotatable bonds is 9. The molecule has 2 saturated heterocycles. The topological polar surface area (TPSA) is 288 Å². The zero-order chi connectivity index (χ0) is 27.4. The van der Waals surface area contributed by atoms with Gasteiger partial charge in [-0.2, -0.15) is 0 Å². The van der Waals surface area contributed by atoms with E-state index in [2.05, 4.69) is 5.32 Å². The third-order valence-corrected chi connectivity index (χ3v) is 7.66. The van der Waals surface area contributed by atoms with Crippen molar-refractivity contribution in [3.8, 4) is 0 Å². The van der Waals surface area contributed by atoms with E-state index < -0.39 is 91.6 Å². The largest absolute Gasteiger partial charge is 0.394 e. The third kappa shape index (κ3) is 6.75. The van der Waals surface area contributed by atoms with Crippen LogP contribution in [0.15, 0.2) is 0 Å². The number of nitrogens with one attached hydrogen (secondary N) is 1. The minimum Gasteiger partial charge on any atom is -0.394 e. The van der Waals surface area contributed by atoms with Crippen LogP contribution in [-0.4, -0.2) is 130 Å². The minimum atomic E-state index is -1.48. The van der Waals surface area contributed by atoms with Crippen LogP contribution in [0.25, 0.3) is 0 Å². The minimum absolute atomic E-state index is 0.00892. The van der Waals surface area contributed by atoms with Crippen molar-refractivity contribution < 1.29 is 44.5 Å². The molecule has 0 spiro atoms. The zero-order valence-corrected chi connectivity index (χ0v) is 20.8. The molecule has 15 nitrogen and oxygen atoms in total. The Morgan fingerprint density at radius 3 is 2.35 bits per heavy atom. The fourth-order valence-electron chi connectivity index (χ4n) is 5.46. The molecule has 16 N–H and O–H groups in total. The number of hydrogen-bond donors (Lipinski definition) is 11. The van der Waals surface area contributed by atoms with Crippen LogP contribution in [0.3, 0.4) is 0 Å². The van der Waals surface area contributed by atoms with Gasteiger partial charge in [0.25, 0.3) is 0 Å². The van der Waals surface area contributed by atoms with E-state index in [0.29, 0.717) is 12.8 Å². The first-order chi connectivity index (χ1) is 17.5.